The SMILES string of the molecule is OC1CCCCCC1CC1CC1(F)F. The minimum absolute atomic E-state index is 0.0518. The van der Waals surface area contributed by atoms with E-state index in [1.54, 1.807) is 0 Å². The van der Waals surface area contributed by atoms with Gasteiger partial charge in [0.1, 0.15) is 0 Å². The largest absolute Gasteiger partial charge is 0.393 e. The maximum absolute atomic E-state index is 12.7. The third-order valence-electron chi connectivity index (χ3n) is 3.66. The lowest BCUT2D eigenvalue weighted by atomic mass is 9.91. The number of aliphatic hydroxyl groups is 1. The monoisotopic (exact) mass is 204 g/mol. The van der Waals surface area contributed by atoms with E-state index in [0.29, 0.717) is 6.42 Å². The first-order chi connectivity index (χ1) is 6.59. The Bertz CT molecular complexity index is 205. The van der Waals surface area contributed by atoms with Crippen LogP contribution in [0, 0.1) is 11.8 Å². The van der Waals surface area contributed by atoms with Gasteiger partial charge in [-0.2, -0.15) is 0 Å². The maximum Gasteiger partial charge on any atom is 0.251 e. The van der Waals surface area contributed by atoms with Crippen molar-refractivity contribution in [3.63, 3.8) is 0 Å². The summed E-state index contributed by atoms with van der Waals surface area (Å²) in [6.45, 7) is 0. The molecule has 3 heteroatoms. The van der Waals surface area contributed by atoms with Crippen molar-refractivity contribution in [2.24, 2.45) is 11.8 Å². The molecule has 0 aromatic rings. The molecule has 3 atom stereocenters. The quantitative estimate of drug-likeness (QED) is 0.685. The summed E-state index contributed by atoms with van der Waals surface area (Å²) in [6, 6.07) is 0. The average Bonchev–Trinajstić information content (AvgIpc) is 2.75. The molecule has 0 spiro atoms. The Morgan fingerprint density at radius 1 is 1.14 bits per heavy atom. The van der Waals surface area contributed by atoms with Crippen molar-refractivity contribution in [1.29, 1.82) is 0 Å². The number of halogens is 2. The van der Waals surface area contributed by atoms with E-state index in [1.165, 1.54) is 0 Å². The van der Waals surface area contributed by atoms with Crippen LogP contribution in [0.3, 0.4) is 0 Å². The fourth-order valence-electron chi connectivity index (χ4n) is 2.53. The lowest BCUT2D eigenvalue weighted by Crippen LogP contribution is -2.20. The first-order valence-electron chi connectivity index (χ1n) is 5.65. The predicted octanol–water partition coefficient (Wildman–Crippen LogP) is 2.97. The molecule has 2 rings (SSSR count). The van der Waals surface area contributed by atoms with Gasteiger partial charge in [-0.15, -0.1) is 0 Å². The number of alkyl halides is 2. The molecule has 2 aliphatic carbocycles. The highest BCUT2D eigenvalue weighted by Crippen LogP contribution is 2.53. The third kappa shape index (κ3) is 2.25. The molecule has 0 aromatic heterocycles. The molecule has 0 radical (unpaired) electrons. The topological polar surface area (TPSA) is 20.2 Å². The summed E-state index contributed by atoms with van der Waals surface area (Å²) in [7, 11) is 0. The first-order valence-corrected chi connectivity index (χ1v) is 5.65. The van der Waals surface area contributed by atoms with E-state index in [-0.39, 0.29) is 18.4 Å². The molecule has 82 valence electrons. The Balaban J connectivity index is 1.83. The van der Waals surface area contributed by atoms with E-state index in [4.69, 9.17) is 0 Å². The molecule has 2 saturated carbocycles. The minimum atomic E-state index is -2.41. The molecule has 3 unspecified atom stereocenters. The lowest BCUT2D eigenvalue weighted by Gasteiger charge is -2.19. The van der Waals surface area contributed by atoms with Gasteiger partial charge in [-0.1, -0.05) is 19.3 Å². The Morgan fingerprint density at radius 2 is 1.79 bits per heavy atom. The molecule has 0 aliphatic heterocycles. The summed E-state index contributed by atoms with van der Waals surface area (Å²) in [5, 5.41) is 9.75. The standard InChI is InChI=1S/C11H18F2O/c12-11(13)7-9(11)6-8-4-2-1-3-5-10(8)14/h8-10,14H,1-7H2. The van der Waals surface area contributed by atoms with Crippen LogP contribution in [-0.4, -0.2) is 17.1 Å². The van der Waals surface area contributed by atoms with Crippen molar-refractivity contribution in [2.75, 3.05) is 0 Å². The van der Waals surface area contributed by atoms with Crippen LogP contribution in [0.15, 0.2) is 0 Å². The smallest absolute Gasteiger partial charge is 0.251 e. The van der Waals surface area contributed by atoms with Crippen molar-refractivity contribution in [1.82, 2.24) is 0 Å². The minimum Gasteiger partial charge on any atom is -0.393 e. The summed E-state index contributed by atoms with van der Waals surface area (Å²) < 4.78 is 25.4. The van der Waals surface area contributed by atoms with Crippen LogP contribution >= 0.6 is 0 Å². The molecule has 14 heavy (non-hydrogen) atoms. The summed E-state index contributed by atoms with van der Waals surface area (Å²) in [6.07, 6.45) is 5.31. The second kappa shape index (κ2) is 3.76. The lowest BCUT2D eigenvalue weighted by molar-refractivity contribution is 0.0639. The van der Waals surface area contributed by atoms with Crippen molar-refractivity contribution in [3.8, 4) is 0 Å². The van der Waals surface area contributed by atoms with E-state index in [1.807, 2.05) is 0 Å². The molecular weight excluding hydrogens is 186 g/mol. The van der Waals surface area contributed by atoms with E-state index < -0.39 is 11.8 Å². The highest BCUT2D eigenvalue weighted by Gasteiger charge is 2.57. The highest BCUT2D eigenvalue weighted by molar-refractivity contribution is 4.96. The van der Waals surface area contributed by atoms with Crippen molar-refractivity contribution >= 4 is 0 Å². The molecule has 0 amide bonds. The Labute approximate surface area is 83.5 Å². The van der Waals surface area contributed by atoms with Gasteiger partial charge in [0.2, 0.25) is 0 Å². The summed E-state index contributed by atoms with van der Waals surface area (Å²) in [5.41, 5.74) is 0. The highest BCUT2D eigenvalue weighted by atomic mass is 19.3. The molecule has 2 fully saturated rings. The fourth-order valence-corrected chi connectivity index (χ4v) is 2.53. The molecule has 2 aliphatic rings. The van der Waals surface area contributed by atoms with Gasteiger partial charge >= 0.3 is 0 Å². The zero-order valence-electron chi connectivity index (χ0n) is 8.38. The maximum atomic E-state index is 12.7. The van der Waals surface area contributed by atoms with Crippen LogP contribution in [0.25, 0.3) is 0 Å². The van der Waals surface area contributed by atoms with Crippen molar-refractivity contribution < 1.29 is 13.9 Å². The molecule has 0 aromatic carbocycles. The molecule has 0 bridgehead atoms. The third-order valence-corrected chi connectivity index (χ3v) is 3.66. The van der Waals surface area contributed by atoms with Crippen LogP contribution < -0.4 is 0 Å². The first kappa shape index (κ1) is 10.3. The zero-order valence-corrected chi connectivity index (χ0v) is 8.38. The van der Waals surface area contributed by atoms with Crippen molar-refractivity contribution in [3.05, 3.63) is 0 Å². The molecular formula is C11H18F2O. The van der Waals surface area contributed by atoms with E-state index >= 15 is 0 Å². The molecule has 1 N–H and O–H groups in total. The van der Waals surface area contributed by atoms with Crippen LogP contribution in [-0.2, 0) is 0 Å². The summed E-state index contributed by atoms with van der Waals surface area (Å²) in [4.78, 5) is 0. The van der Waals surface area contributed by atoms with Gasteiger partial charge in [-0.3, -0.25) is 0 Å². The Hall–Kier alpha value is -0.180. The number of rotatable bonds is 2. The Morgan fingerprint density at radius 3 is 2.43 bits per heavy atom. The van der Waals surface area contributed by atoms with Gasteiger partial charge < -0.3 is 5.11 Å². The van der Waals surface area contributed by atoms with Gasteiger partial charge in [0.25, 0.3) is 5.92 Å². The second-order valence-corrected chi connectivity index (χ2v) is 4.86. The van der Waals surface area contributed by atoms with E-state index in [2.05, 4.69) is 0 Å². The van der Waals surface area contributed by atoms with Crippen LogP contribution in [0.5, 0.6) is 0 Å². The van der Waals surface area contributed by atoms with E-state index in [0.717, 1.165) is 32.1 Å². The van der Waals surface area contributed by atoms with Gasteiger partial charge in [0.15, 0.2) is 0 Å². The second-order valence-electron chi connectivity index (χ2n) is 4.86. The molecule has 0 heterocycles. The fraction of sp³-hybridized carbons (Fsp3) is 1.00. The van der Waals surface area contributed by atoms with Gasteiger partial charge in [-0.25, -0.2) is 8.78 Å². The van der Waals surface area contributed by atoms with Gasteiger partial charge in [0, 0.05) is 12.3 Å². The number of aliphatic hydroxyl groups excluding tert-OH is 1. The van der Waals surface area contributed by atoms with Crippen molar-refractivity contribution in [2.45, 2.75) is 57.0 Å². The number of hydrogen-bond donors (Lipinski definition) is 1. The summed E-state index contributed by atoms with van der Waals surface area (Å²) in [5.74, 6) is -2.71. The average molecular weight is 204 g/mol. The van der Waals surface area contributed by atoms with Crippen LogP contribution in [0.1, 0.15) is 44.9 Å². The molecule has 0 saturated heterocycles. The predicted molar refractivity (Wildman–Crippen MR) is 50.3 cm³/mol. The van der Waals surface area contributed by atoms with Crippen LogP contribution in [0.2, 0.25) is 0 Å². The van der Waals surface area contributed by atoms with Gasteiger partial charge in [-0.05, 0) is 25.2 Å². The van der Waals surface area contributed by atoms with E-state index in [9.17, 15) is 13.9 Å². The summed E-state index contributed by atoms with van der Waals surface area (Å²) >= 11 is 0. The van der Waals surface area contributed by atoms with Gasteiger partial charge in [0.05, 0.1) is 6.10 Å². The number of hydrogen-bond acceptors (Lipinski definition) is 1. The zero-order chi connectivity index (χ0) is 10.2. The Kier molecular flexibility index (Phi) is 2.78. The van der Waals surface area contributed by atoms with Crippen LogP contribution in [0.4, 0.5) is 8.78 Å². The molecule has 1 nitrogen and oxygen atoms in total. The normalized spacial score (nSPS) is 41.8.